The van der Waals surface area contributed by atoms with Gasteiger partial charge in [0, 0.05) is 6.20 Å². The van der Waals surface area contributed by atoms with Crippen LogP contribution >= 0.6 is 0 Å². The average molecular weight is 233 g/mol. The van der Waals surface area contributed by atoms with Crippen LogP contribution in [-0.4, -0.2) is 26.5 Å². The molecule has 0 aliphatic carbocycles. The molecule has 0 amide bonds. The van der Waals surface area contributed by atoms with E-state index in [1.165, 1.54) is 19.2 Å². The van der Waals surface area contributed by atoms with Gasteiger partial charge < -0.3 is 4.74 Å². The molecule has 0 unspecified atom stereocenters. The first-order chi connectivity index (χ1) is 6.92. The van der Waals surface area contributed by atoms with E-state index in [4.69, 9.17) is 0 Å². The summed E-state index contributed by atoms with van der Waals surface area (Å²) >= 11 is 0. The minimum atomic E-state index is -4.59. The Morgan fingerprint density at radius 2 is 2.20 bits per heavy atom. The lowest BCUT2D eigenvalue weighted by Gasteiger charge is -1.99. The molecular weight excluding hydrogens is 225 g/mol. The van der Waals surface area contributed by atoms with Crippen molar-refractivity contribution >= 4 is 16.2 Å². The van der Waals surface area contributed by atoms with Crippen molar-refractivity contribution < 1.29 is 21.8 Å². The fraction of sp³-hybridized carbons (Fsp3) is 0.250. The summed E-state index contributed by atoms with van der Waals surface area (Å²) in [6, 6.07) is 2.57. The molecule has 0 spiro atoms. The molecule has 0 atom stereocenters. The molecule has 5 nitrogen and oxygen atoms in total. The predicted molar refractivity (Wildman–Crippen MR) is 49.3 cm³/mol. The van der Waals surface area contributed by atoms with Gasteiger partial charge in [-0.2, -0.15) is 8.42 Å². The molecule has 0 N–H and O–H groups in total. The van der Waals surface area contributed by atoms with Gasteiger partial charge in [0.25, 0.3) is 0 Å². The van der Waals surface area contributed by atoms with Crippen molar-refractivity contribution in [2.75, 3.05) is 7.11 Å². The molecule has 7 heteroatoms. The van der Waals surface area contributed by atoms with E-state index in [2.05, 4.69) is 9.72 Å². The highest BCUT2D eigenvalue weighted by Gasteiger charge is 2.11. The van der Waals surface area contributed by atoms with Gasteiger partial charge >= 0.3 is 16.2 Å². The molecule has 1 aromatic rings. The van der Waals surface area contributed by atoms with E-state index in [-0.39, 0.29) is 11.3 Å². The number of methoxy groups -OCH3 is 1. The van der Waals surface area contributed by atoms with E-state index < -0.39 is 21.9 Å². The van der Waals surface area contributed by atoms with E-state index >= 15 is 0 Å². The quantitative estimate of drug-likeness (QED) is 0.566. The van der Waals surface area contributed by atoms with E-state index in [1.807, 2.05) is 0 Å². The molecule has 0 bridgehead atoms. The highest BCUT2D eigenvalue weighted by Crippen LogP contribution is 2.06. The van der Waals surface area contributed by atoms with Crippen LogP contribution < -0.4 is 0 Å². The highest BCUT2D eigenvalue weighted by molar-refractivity contribution is 7.85. The summed E-state index contributed by atoms with van der Waals surface area (Å²) in [5.74, 6) is -1.38. The lowest BCUT2D eigenvalue weighted by Crippen LogP contribution is -2.04. The molecule has 15 heavy (non-hydrogen) atoms. The van der Waals surface area contributed by atoms with E-state index in [0.29, 0.717) is 0 Å². The molecular formula is C8H8FNO4S. The topological polar surface area (TPSA) is 73.3 Å². The number of esters is 1. The van der Waals surface area contributed by atoms with Gasteiger partial charge in [0.05, 0.1) is 18.4 Å². The number of hydrogen-bond acceptors (Lipinski definition) is 5. The SMILES string of the molecule is COC(=O)c1ccc(CS(=O)(=O)F)nc1. The van der Waals surface area contributed by atoms with E-state index in [0.717, 1.165) is 6.20 Å². The summed E-state index contributed by atoms with van der Waals surface area (Å²) in [7, 11) is -3.38. The van der Waals surface area contributed by atoms with Gasteiger partial charge in [-0.25, -0.2) is 4.79 Å². The third-order valence-corrected chi connectivity index (χ3v) is 2.21. The Morgan fingerprint density at radius 3 is 2.60 bits per heavy atom. The maximum Gasteiger partial charge on any atom is 0.339 e. The normalized spacial score (nSPS) is 11.1. The van der Waals surface area contributed by atoms with Gasteiger partial charge in [-0.05, 0) is 12.1 Å². The molecule has 0 fully saturated rings. The molecule has 1 rings (SSSR count). The molecule has 0 radical (unpaired) electrons. The summed E-state index contributed by atoms with van der Waals surface area (Å²) in [6.45, 7) is 0. The number of carbonyl (C=O) groups excluding carboxylic acids is 1. The summed E-state index contributed by atoms with van der Waals surface area (Å²) in [4.78, 5) is 14.6. The second-order valence-corrected chi connectivity index (χ2v) is 4.08. The minimum absolute atomic E-state index is 0.0325. The van der Waals surface area contributed by atoms with Crippen LogP contribution in [0.2, 0.25) is 0 Å². The summed E-state index contributed by atoms with van der Waals surface area (Å²) in [6.07, 6.45) is 1.13. The smallest absolute Gasteiger partial charge is 0.339 e. The van der Waals surface area contributed by atoms with Crippen LogP contribution in [0.5, 0.6) is 0 Å². The zero-order valence-electron chi connectivity index (χ0n) is 7.81. The standard InChI is InChI=1S/C8H8FNO4S/c1-14-8(11)6-2-3-7(10-4-6)5-15(9,12)13/h2-4H,5H2,1H3. The molecule has 0 aliphatic rings. The monoisotopic (exact) mass is 233 g/mol. The maximum atomic E-state index is 12.2. The predicted octanol–water partition coefficient (Wildman–Crippen LogP) is 0.667. The largest absolute Gasteiger partial charge is 0.465 e. The van der Waals surface area contributed by atoms with Crippen LogP contribution in [0.1, 0.15) is 16.1 Å². The number of carbonyl (C=O) groups is 1. The Morgan fingerprint density at radius 1 is 1.53 bits per heavy atom. The van der Waals surface area contributed by atoms with Gasteiger partial charge in [-0.1, -0.05) is 0 Å². The van der Waals surface area contributed by atoms with Crippen molar-refractivity contribution in [1.29, 1.82) is 0 Å². The van der Waals surface area contributed by atoms with Crippen LogP contribution in [0.25, 0.3) is 0 Å². The molecule has 0 aliphatic heterocycles. The first-order valence-electron chi connectivity index (χ1n) is 3.88. The van der Waals surface area contributed by atoms with Crippen molar-refractivity contribution in [2.45, 2.75) is 5.75 Å². The van der Waals surface area contributed by atoms with Gasteiger partial charge in [0.2, 0.25) is 0 Å². The Kier molecular flexibility index (Phi) is 3.35. The zero-order valence-corrected chi connectivity index (χ0v) is 8.62. The number of rotatable bonds is 3. The first-order valence-corrected chi connectivity index (χ1v) is 5.43. The number of ether oxygens (including phenoxy) is 1. The van der Waals surface area contributed by atoms with Crippen molar-refractivity contribution in [3.05, 3.63) is 29.6 Å². The van der Waals surface area contributed by atoms with Gasteiger partial charge in [-0.15, -0.1) is 3.89 Å². The summed E-state index contributed by atoms with van der Waals surface area (Å²) in [5.41, 5.74) is 0.211. The van der Waals surface area contributed by atoms with Crippen LogP contribution in [0.4, 0.5) is 3.89 Å². The summed E-state index contributed by atoms with van der Waals surface area (Å²) in [5, 5.41) is 0. The number of halogens is 1. The van der Waals surface area contributed by atoms with Gasteiger partial charge in [0.15, 0.2) is 0 Å². The Balaban J connectivity index is 2.86. The van der Waals surface area contributed by atoms with Crippen molar-refractivity contribution in [1.82, 2.24) is 4.98 Å². The molecule has 82 valence electrons. The minimum Gasteiger partial charge on any atom is -0.465 e. The molecule has 0 saturated carbocycles. The molecule has 0 aromatic carbocycles. The fourth-order valence-corrected chi connectivity index (χ4v) is 1.45. The Hall–Kier alpha value is -1.50. The Bertz CT molecular complexity index is 454. The van der Waals surface area contributed by atoms with Crippen molar-refractivity contribution in [3.8, 4) is 0 Å². The average Bonchev–Trinajstić information content (AvgIpc) is 2.15. The Labute approximate surface area is 86.1 Å². The van der Waals surface area contributed by atoms with Crippen molar-refractivity contribution in [2.24, 2.45) is 0 Å². The van der Waals surface area contributed by atoms with Crippen molar-refractivity contribution in [3.63, 3.8) is 0 Å². The van der Waals surface area contributed by atoms with Crippen LogP contribution in [-0.2, 0) is 20.7 Å². The maximum absolute atomic E-state index is 12.2. The molecule has 1 aromatic heterocycles. The second-order valence-electron chi connectivity index (χ2n) is 2.71. The lowest BCUT2D eigenvalue weighted by atomic mass is 10.2. The number of hydrogen-bond donors (Lipinski definition) is 0. The zero-order chi connectivity index (χ0) is 11.5. The van der Waals surface area contributed by atoms with Crippen LogP contribution in [0, 0.1) is 0 Å². The van der Waals surface area contributed by atoms with E-state index in [9.17, 15) is 17.1 Å². The molecule has 0 saturated heterocycles. The van der Waals surface area contributed by atoms with Crippen LogP contribution in [0.15, 0.2) is 18.3 Å². The third-order valence-electron chi connectivity index (χ3n) is 1.57. The lowest BCUT2D eigenvalue weighted by molar-refractivity contribution is 0.0600. The molecule has 1 heterocycles. The number of nitrogens with zero attached hydrogens (tertiary/aromatic N) is 1. The van der Waals surface area contributed by atoms with Gasteiger partial charge in [0.1, 0.15) is 5.75 Å². The highest BCUT2D eigenvalue weighted by atomic mass is 32.3. The summed E-state index contributed by atoms with van der Waals surface area (Å²) < 4.78 is 37.2. The number of pyridine rings is 1. The van der Waals surface area contributed by atoms with Crippen LogP contribution in [0.3, 0.4) is 0 Å². The second kappa shape index (κ2) is 4.35. The third kappa shape index (κ3) is 3.62. The van der Waals surface area contributed by atoms with Gasteiger partial charge in [-0.3, -0.25) is 4.98 Å². The fourth-order valence-electron chi connectivity index (χ4n) is 0.925. The first kappa shape index (κ1) is 11.6. The van der Waals surface area contributed by atoms with E-state index in [1.54, 1.807) is 0 Å². The number of aromatic nitrogens is 1.